The Bertz CT molecular complexity index is 1440. The standard InChI is InChI=1S/C25H24F2N4O3S/c1-15-12-30-21(13-29-15)22(32)11-16-4-9-20(27)19(10-16)24(2)14-35(33,34)25(3,23(28)31-24)17-5-7-18(26)8-6-17/h4-10,12-13H,11,14H2,1-3H3,(H2,28,31)/t24-,25-/m0/s1. The van der Waals surface area contributed by atoms with Gasteiger partial charge >= 0.3 is 0 Å². The Kier molecular flexibility index (Phi) is 6.04. The van der Waals surface area contributed by atoms with Crippen molar-refractivity contribution in [1.29, 1.82) is 0 Å². The minimum atomic E-state index is -4.02. The van der Waals surface area contributed by atoms with Crippen molar-refractivity contribution in [1.82, 2.24) is 9.97 Å². The number of carbonyl (C=O) groups excluding carboxylic acids is 1. The first-order valence-corrected chi connectivity index (χ1v) is 12.5. The maximum absolute atomic E-state index is 15.0. The maximum atomic E-state index is 15.0. The number of carbonyl (C=O) groups is 1. The molecule has 0 amide bonds. The number of Topliss-reactive ketones (excluding diaryl/α,β-unsaturated/α-hetero) is 1. The summed E-state index contributed by atoms with van der Waals surface area (Å²) >= 11 is 0. The third kappa shape index (κ3) is 4.34. The third-order valence-electron chi connectivity index (χ3n) is 6.39. The summed E-state index contributed by atoms with van der Waals surface area (Å²) in [5, 5.41) is 0. The van der Waals surface area contributed by atoms with Crippen LogP contribution in [0.4, 0.5) is 8.78 Å². The van der Waals surface area contributed by atoms with Gasteiger partial charge in [-0.3, -0.25) is 14.8 Å². The number of benzene rings is 2. The molecule has 1 aliphatic heterocycles. The first-order chi connectivity index (χ1) is 16.4. The second-order valence-electron chi connectivity index (χ2n) is 9.03. The molecule has 182 valence electrons. The summed E-state index contributed by atoms with van der Waals surface area (Å²) in [6.07, 6.45) is 2.77. The molecule has 0 unspecified atom stereocenters. The number of ketones is 1. The summed E-state index contributed by atoms with van der Waals surface area (Å²) in [7, 11) is -4.02. The van der Waals surface area contributed by atoms with E-state index in [0.29, 0.717) is 11.3 Å². The van der Waals surface area contributed by atoms with Crippen molar-refractivity contribution in [2.45, 2.75) is 37.5 Å². The molecule has 0 aliphatic carbocycles. The molecule has 1 aliphatic rings. The van der Waals surface area contributed by atoms with Gasteiger partial charge in [0.2, 0.25) is 0 Å². The number of sulfone groups is 1. The van der Waals surface area contributed by atoms with Gasteiger partial charge in [0.25, 0.3) is 0 Å². The van der Waals surface area contributed by atoms with Gasteiger partial charge in [-0.2, -0.15) is 0 Å². The van der Waals surface area contributed by atoms with Crippen molar-refractivity contribution < 1.29 is 22.0 Å². The average Bonchev–Trinajstić information content (AvgIpc) is 2.79. The maximum Gasteiger partial charge on any atom is 0.187 e. The molecule has 10 heteroatoms. The highest BCUT2D eigenvalue weighted by atomic mass is 32.2. The molecule has 2 N–H and O–H groups in total. The van der Waals surface area contributed by atoms with E-state index in [0.717, 1.165) is 12.1 Å². The third-order valence-corrected chi connectivity index (χ3v) is 9.02. The molecule has 0 saturated carbocycles. The number of aryl methyl sites for hydroxylation is 1. The van der Waals surface area contributed by atoms with Crippen LogP contribution in [0.1, 0.15) is 46.7 Å². The Morgan fingerprint density at radius 3 is 2.34 bits per heavy atom. The van der Waals surface area contributed by atoms with Crippen molar-refractivity contribution in [3.63, 3.8) is 0 Å². The normalized spacial score (nSPS) is 23.5. The second-order valence-corrected chi connectivity index (χ2v) is 11.4. The summed E-state index contributed by atoms with van der Waals surface area (Å²) in [6.45, 7) is 4.64. The number of nitrogens with zero attached hydrogens (tertiary/aromatic N) is 3. The van der Waals surface area contributed by atoms with Crippen molar-refractivity contribution in [3.05, 3.63) is 94.6 Å². The fourth-order valence-corrected chi connectivity index (χ4v) is 6.33. The molecule has 35 heavy (non-hydrogen) atoms. The Balaban J connectivity index is 1.73. The lowest BCUT2D eigenvalue weighted by Crippen LogP contribution is -2.54. The van der Waals surface area contributed by atoms with E-state index >= 15 is 0 Å². The average molecular weight is 499 g/mol. The molecule has 2 aromatic carbocycles. The van der Waals surface area contributed by atoms with Gasteiger partial charge in [0.05, 0.1) is 17.6 Å². The molecule has 3 aromatic rings. The Hall–Kier alpha value is -3.53. The number of halogens is 2. The predicted octanol–water partition coefficient (Wildman–Crippen LogP) is 3.40. The van der Waals surface area contributed by atoms with Crippen molar-refractivity contribution >= 4 is 21.5 Å². The van der Waals surface area contributed by atoms with Gasteiger partial charge in [0, 0.05) is 18.2 Å². The molecule has 0 bridgehead atoms. The van der Waals surface area contributed by atoms with Gasteiger partial charge in [0.15, 0.2) is 20.4 Å². The van der Waals surface area contributed by atoms with E-state index in [1.807, 2.05) is 0 Å². The van der Waals surface area contributed by atoms with Crippen LogP contribution >= 0.6 is 0 Å². The van der Waals surface area contributed by atoms with E-state index in [9.17, 15) is 22.0 Å². The van der Waals surface area contributed by atoms with E-state index in [1.54, 1.807) is 6.92 Å². The summed E-state index contributed by atoms with van der Waals surface area (Å²) in [6, 6.07) is 9.05. The van der Waals surface area contributed by atoms with E-state index < -0.39 is 37.5 Å². The van der Waals surface area contributed by atoms with Crippen LogP contribution in [0.3, 0.4) is 0 Å². The molecular weight excluding hydrogens is 474 g/mol. The molecule has 1 aromatic heterocycles. The van der Waals surface area contributed by atoms with Crippen LogP contribution in [0.15, 0.2) is 59.9 Å². The second kappa shape index (κ2) is 8.60. The number of amidine groups is 1. The van der Waals surface area contributed by atoms with Gasteiger partial charge < -0.3 is 5.73 Å². The molecule has 0 fully saturated rings. The van der Waals surface area contributed by atoms with Crippen LogP contribution < -0.4 is 5.73 Å². The zero-order chi connectivity index (χ0) is 25.6. The molecule has 0 spiro atoms. The molecule has 0 saturated heterocycles. The van der Waals surface area contributed by atoms with E-state index in [-0.39, 0.29) is 34.9 Å². The Morgan fingerprint density at radius 2 is 1.74 bits per heavy atom. The number of aromatic nitrogens is 2. The highest BCUT2D eigenvalue weighted by molar-refractivity contribution is 7.93. The van der Waals surface area contributed by atoms with Crippen molar-refractivity contribution in [2.24, 2.45) is 10.7 Å². The topological polar surface area (TPSA) is 115 Å². The van der Waals surface area contributed by atoms with Gasteiger partial charge in [-0.1, -0.05) is 18.2 Å². The monoisotopic (exact) mass is 498 g/mol. The number of rotatable bonds is 5. The van der Waals surface area contributed by atoms with Crippen LogP contribution in [0.5, 0.6) is 0 Å². The van der Waals surface area contributed by atoms with Crippen molar-refractivity contribution in [2.75, 3.05) is 5.75 Å². The summed E-state index contributed by atoms with van der Waals surface area (Å²) in [5.74, 6) is -2.27. The van der Waals surface area contributed by atoms with Gasteiger partial charge in [0.1, 0.15) is 28.7 Å². The number of nitrogens with two attached hydrogens (primary N) is 1. The van der Waals surface area contributed by atoms with E-state index in [4.69, 9.17) is 5.73 Å². The van der Waals surface area contributed by atoms with Crippen LogP contribution in [0, 0.1) is 18.6 Å². The smallest absolute Gasteiger partial charge is 0.187 e. The summed E-state index contributed by atoms with van der Waals surface area (Å²) in [4.78, 5) is 25.2. The van der Waals surface area contributed by atoms with Crippen LogP contribution in [0.25, 0.3) is 0 Å². The molecular formula is C25H24F2N4O3S. The Labute approximate surface area is 202 Å². The first-order valence-electron chi connectivity index (χ1n) is 10.8. The molecule has 2 atom stereocenters. The number of hydrogen-bond donors (Lipinski definition) is 1. The van der Waals surface area contributed by atoms with Crippen LogP contribution in [-0.4, -0.2) is 35.8 Å². The van der Waals surface area contributed by atoms with Gasteiger partial charge in [-0.05, 0) is 56.2 Å². The highest BCUT2D eigenvalue weighted by Gasteiger charge is 2.53. The molecule has 0 radical (unpaired) electrons. The SMILES string of the molecule is Cc1cnc(C(=O)Cc2ccc(F)c([C@]3(C)CS(=O)(=O)[C@@](C)(c4ccc(F)cc4)C(N)=N3)c2)cn1. The minimum absolute atomic E-state index is 0.00507. The zero-order valence-corrected chi connectivity index (χ0v) is 20.2. The van der Waals surface area contributed by atoms with Crippen LogP contribution in [0.2, 0.25) is 0 Å². The lowest BCUT2D eigenvalue weighted by atomic mass is 9.90. The molecule has 4 rings (SSSR count). The lowest BCUT2D eigenvalue weighted by Gasteiger charge is -2.40. The fourth-order valence-electron chi connectivity index (χ4n) is 4.22. The van der Waals surface area contributed by atoms with E-state index in [1.165, 1.54) is 56.6 Å². The predicted molar refractivity (Wildman–Crippen MR) is 128 cm³/mol. The molecule has 7 nitrogen and oxygen atoms in total. The van der Waals surface area contributed by atoms with Gasteiger partial charge in [-0.25, -0.2) is 22.2 Å². The summed E-state index contributed by atoms with van der Waals surface area (Å²) in [5.41, 5.74) is 6.26. The summed E-state index contributed by atoms with van der Waals surface area (Å²) < 4.78 is 53.8. The lowest BCUT2D eigenvalue weighted by molar-refractivity contribution is 0.0987. The van der Waals surface area contributed by atoms with Crippen molar-refractivity contribution in [3.8, 4) is 0 Å². The van der Waals surface area contributed by atoms with E-state index in [2.05, 4.69) is 15.0 Å². The van der Waals surface area contributed by atoms with Gasteiger partial charge in [-0.15, -0.1) is 0 Å². The first kappa shape index (κ1) is 24.6. The zero-order valence-electron chi connectivity index (χ0n) is 19.4. The Morgan fingerprint density at radius 1 is 1.06 bits per heavy atom. The fraction of sp³-hybridized carbons (Fsp3) is 0.280. The highest BCUT2D eigenvalue weighted by Crippen LogP contribution is 2.42. The minimum Gasteiger partial charge on any atom is -0.386 e. The number of hydrogen-bond acceptors (Lipinski definition) is 7. The number of aliphatic imine (C=N–C) groups is 1. The largest absolute Gasteiger partial charge is 0.386 e. The molecule has 2 heterocycles. The quantitative estimate of drug-likeness (QED) is 0.539. The van der Waals surface area contributed by atoms with Crippen LogP contribution in [-0.2, 0) is 26.5 Å².